The minimum absolute atomic E-state index is 0.744. The van der Waals surface area contributed by atoms with Crippen LogP contribution < -0.4 is 10.1 Å². The first kappa shape index (κ1) is 17.8. The molecule has 0 unspecified atom stereocenters. The number of fused-ring (bicyclic) bond motifs is 1. The Morgan fingerprint density at radius 3 is 2.84 bits per heavy atom. The SMILES string of the molecule is CCCCNCc1nc2cc(OC)ccc2n1Cc1cccc(Cl)c1. The molecular weight excluding hydrogens is 334 g/mol. The number of rotatable bonds is 8. The van der Waals surface area contributed by atoms with E-state index in [9.17, 15) is 0 Å². The second kappa shape index (κ2) is 8.37. The Bertz CT molecular complexity index is 844. The average molecular weight is 358 g/mol. The maximum Gasteiger partial charge on any atom is 0.124 e. The molecule has 3 aromatic rings. The van der Waals surface area contributed by atoms with E-state index in [-0.39, 0.29) is 0 Å². The summed E-state index contributed by atoms with van der Waals surface area (Å²) in [5.74, 6) is 1.85. The van der Waals surface area contributed by atoms with Crippen LogP contribution >= 0.6 is 11.6 Å². The highest BCUT2D eigenvalue weighted by molar-refractivity contribution is 6.30. The average Bonchev–Trinajstić information content (AvgIpc) is 2.95. The molecule has 0 aliphatic rings. The van der Waals surface area contributed by atoms with Crippen LogP contribution in [0.25, 0.3) is 11.0 Å². The first-order valence-corrected chi connectivity index (χ1v) is 9.07. The second-order valence-electron chi connectivity index (χ2n) is 6.13. The van der Waals surface area contributed by atoms with Gasteiger partial charge in [0, 0.05) is 17.6 Å². The first-order chi connectivity index (χ1) is 12.2. The van der Waals surface area contributed by atoms with Crippen LogP contribution in [0.4, 0.5) is 0 Å². The molecule has 132 valence electrons. The molecule has 0 atom stereocenters. The topological polar surface area (TPSA) is 39.1 Å². The number of nitrogens with zero attached hydrogens (tertiary/aromatic N) is 2. The van der Waals surface area contributed by atoms with Crippen molar-refractivity contribution in [2.24, 2.45) is 0 Å². The third-order valence-corrected chi connectivity index (χ3v) is 4.49. The molecule has 2 aromatic carbocycles. The van der Waals surface area contributed by atoms with Gasteiger partial charge in [0.05, 0.1) is 24.7 Å². The van der Waals surface area contributed by atoms with Gasteiger partial charge in [-0.15, -0.1) is 0 Å². The Labute approximate surface area is 153 Å². The lowest BCUT2D eigenvalue weighted by atomic mass is 10.2. The number of hydrogen-bond acceptors (Lipinski definition) is 3. The summed E-state index contributed by atoms with van der Waals surface area (Å²) in [5.41, 5.74) is 3.22. The van der Waals surface area contributed by atoms with Crippen molar-refractivity contribution in [3.8, 4) is 5.75 Å². The molecule has 25 heavy (non-hydrogen) atoms. The van der Waals surface area contributed by atoms with E-state index in [0.29, 0.717) is 0 Å². The van der Waals surface area contributed by atoms with Crippen molar-refractivity contribution in [3.05, 3.63) is 58.9 Å². The lowest BCUT2D eigenvalue weighted by Crippen LogP contribution is -2.18. The summed E-state index contributed by atoms with van der Waals surface area (Å²) in [6.07, 6.45) is 2.35. The van der Waals surface area contributed by atoms with Gasteiger partial charge in [0.2, 0.25) is 0 Å². The molecule has 1 aromatic heterocycles. The van der Waals surface area contributed by atoms with Gasteiger partial charge in [0.1, 0.15) is 11.6 Å². The van der Waals surface area contributed by atoms with Crippen molar-refractivity contribution in [1.29, 1.82) is 0 Å². The van der Waals surface area contributed by atoms with E-state index in [2.05, 4.69) is 28.9 Å². The van der Waals surface area contributed by atoms with Gasteiger partial charge in [-0.05, 0) is 42.8 Å². The predicted molar refractivity (Wildman–Crippen MR) is 103 cm³/mol. The fourth-order valence-electron chi connectivity index (χ4n) is 2.92. The van der Waals surface area contributed by atoms with Gasteiger partial charge in [0.25, 0.3) is 0 Å². The van der Waals surface area contributed by atoms with Crippen LogP contribution in [0, 0.1) is 0 Å². The second-order valence-corrected chi connectivity index (χ2v) is 6.57. The van der Waals surface area contributed by atoms with Gasteiger partial charge in [-0.25, -0.2) is 4.98 Å². The first-order valence-electron chi connectivity index (χ1n) is 8.69. The summed E-state index contributed by atoms with van der Waals surface area (Å²) in [6, 6.07) is 14.0. The Hall–Kier alpha value is -2.04. The number of halogens is 1. The molecule has 3 rings (SSSR count). The summed E-state index contributed by atoms with van der Waals surface area (Å²) in [5, 5.41) is 4.24. The van der Waals surface area contributed by atoms with Crippen molar-refractivity contribution in [3.63, 3.8) is 0 Å². The largest absolute Gasteiger partial charge is 0.497 e. The van der Waals surface area contributed by atoms with E-state index < -0.39 is 0 Å². The summed E-state index contributed by atoms with van der Waals surface area (Å²) in [4.78, 5) is 4.82. The molecule has 0 amide bonds. The van der Waals surface area contributed by atoms with E-state index in [4.69, 9.17) is 21.3 Å². The predicted octanol–water partition coefficient (Wildman–Crippen LogP) is 4.64. The lowest BCUT2D eigenvalue weighted by molar-refractivity contribution is 0.415. The lowest BCUT2D eigenvalue weighted by Gasteiger charge is -2.11. The van der Waals surface area contributed by atoms with Gasteiger partial charge < -0.3 is 14.6 Å². The van der Waals surface area contributed by atoms with Gasteiger partial charge in [-0.1, -0.05) is 37.1 Å². The van der Waals surface area contributed by atoms with Crippen molar-refractivity contribution in [2.45, 2.75) is 32.9 Å². The molecule has 1 heterocycles. The molecule has 5 heteroatoms. The van der Waals surface area contributed by atoms with Crippen LogP contribution in [-0.4, -0.2) is 23.2 Å². The highest BCUT2D eigenvalue weighted by Crippen LogP contribution is 2.23. The Morgan fingerprint density at radius 2 is 2.08 bits per heavy atom. The molecule has 0 aliphatic heterocycles. The molecular formula is C20H24ClN3O. The van der Waals surface area contributed by atoms with Gasteiger partial charge in [-0.3, -0.25) is 0 Å². The zero-order valence-corrected chi connectivity index (χ0v) is 15.5. The molecule has 0 saturated heterocycles. The number of aromatic nitrogens is 2. The minimum Gasteiger partial charge on any atom is -0.497 e. The Morgan fingerprint density at radius 1 is 1.20 bits per heavy atom. The van der Waals surface area contributed by atoms with E-state index in [1.165, 1.54) is 12.8 Å². The third kappa shape index (κ3) is 4.33. The van der Waals surface area contributed by atoms with Crippen LogP contribution in [-0.2, 0) is 13.1 Å². The van der Waals surface area contributed by atoms with Crippen LogP contribution in [0.2, 0.25) is 5.02 Å². The van der Waals surface area contributed by atoms with Gasteiger partial charge >= 0.3 is 0 Å². The zero-order valence-electron chi connectivity index (χ0n) is 14.8. The number of methoxy groups -OCH3 is 1. The van der Waals surface area contributed by atoms with Crippen LogP contribution in [0.1, 0.15) is 31.2 Å². The molecule has 0 saturated carbocycles. The maximum atomic E-state index is 6.15. The van der Waals surface area contributed by atoms with Gasteiger partial charge in [0.15, 0.2) is 0 Å². The van der Waals surface area contributed by atoms with Crippen molar-refractivity contribution in [2.75, 3.05) is 13.7 Å². The maximum absolute atomic E-state index is 6.15. The highest BCUT2D eigenvalue weighted by atomic mass is 35.5. The summed E-state index contributed by atoms with van der Waals surface area (Å²) < 4.78 is 7.59. The Kier molecular flexibility index (Phi) is 5.95. The quantitative estimate of drug-likeness (QED) is 0.597. The molecule has 0 aliphatic carbocycles. The molecule has 0 bridgehead atoms. The molecule has 1 N–H and O–H groups in total. The Balaban J connectivity index is 1.94. The summed E-state index contributed by atoms with van der Waals surface area (Å²) in [7, 11) is 1.68. The number of imidazole rings is 1. The number of ether oxygens (including phenoxy) is 1. The van der Waals surface area contributed by atoms with Crippen LogP contribution in [0.5, 0.6) is 5.75 Å². The van der Waals surface area contributed by atoms with E-state index in [1.807, 2.05) is 30.3 Å². The molecule has 0 spiro atoms. The third-order valence-electron chi connectivity index (χ3n) is 4.25. The van der Waals surface area contributed by atoms with E-state index in [0.717, 1.165) is 52.8 Å². The molecule has 0 fully saturated rings. The molecule has 0 radical (unpaired) electrons. The van der Waals surface area contributed by atoms with Crippen molar-refractivity contribution < 1.29 is 4.74 Å². The standard InChI is InChI=1S/C20H24ClN3O/c1-3-4-10-22-13-20-23-18-12-17(25-2)8-9-19(18)24(20)14-15-6-5-7-16(21)11-15/h5-9,11-12,22H,3-4,10,13-14H2,1-2H3. The van der Waals surface area contributed by atoms with Crippen LogP contribution in [0.3, 0.4) is 0 Å². The zero-order chi connectivity index (χ0) is 17.6. The molecule has 4 nitrogen and oxygen atoms in total. The van der Waals surface area contributed by atoms with Crippen LogP contribution in [0.15, 0.2) is 42.5 Å². The normalized spacial score (nSPS) is 11.2. The van der Waals surface area contributed by atoms with E-state index in [1.54, 1.807) is 7.11 Å². The summed E-state index contributed by atoms with van der Waals surface area (Å²) >= 11 is 6.15. The van der Waals surface area contributed by atoms with Gasteiger partial charge in [-0.2, -0.15) is 0 Å². The fraction of sp³-hybridized carbons (Fsp3) is 0.350. The summed E-state index contributed by atoms with van der Waals surface area (Å²) in [6.45, 7) is 4.69. The number of benzene rings is 2. The smallest absolute Gasteiger partial charge is 0.124 e. The number of hydrogen-bond donors (Lipinski definition) is 1. The van der Waals surface area contributed by atoms with E-state index >= 15 is 0 Å². The van der Waals surface area contributed by atoms with Crippen molar-refractivity contribution in [1.82, 2.24) is 14.9 Å². The highest BCUT2D eigenvalue weighted by Gasteiger charge is 2.12. The van der Waals surface area contributed by atoms with Crippen molar-refractivity contribution >= 4 is 22.6 Å². The number of nitrogens with one attached hydrogen (secondary N) is 1. The minimum atomic E-state index is 0.744. The fourth-order valence-corrected chi connectivity index (χ4v) is 3.13. The monoisotopic (exact) mass is 357 g/mol. The number of unbranched alkanes of at least 4 members (excludes halogenated alkanes) is 1.